The molecule has 0 aliphatic carbocycles. The third kappa shape index (κ3) is 75.1. The molecule has 0 radical (unpaired) electrons. The summed E-state index contributed by atoms with van der Waals surface area (Å²) >= 11 is 0. The predicted octanol–water partition coefficient (Wildman–Crippen LogP) is 23.9. The van der Waals surface area contributed by atoms with Crippen LogP contribution in [0.1, 0.15) is 388 Å². The van der Waals surface area contributed by atoms with Gasteiger partial charge in [0, 0.05) is 25.7 Å². The zero-order chi connectivity index (χ0) is 74.1. The van der Waals surface area contributed by atoms with E-state index in [1.54, 1.807) is 0 Å². The van der Waals surface area contributed by atoms with Gasteiger partial charge < -0.3 is 33.8 Å². The first-order valence-electron chi connectivity index (χ1n) is 41.3. The van der Waals surface area contributed by atoms with Crippen LogP contribution in [0.15, 0.2) is 48.6 Å². The zero-order valence-corrected chi connectivity index (χ0v) is 66.8. The van der Waals surface area contributed by atoms with Crippen LogP contribution in [-0.4, -0.2) is 96.7 Å². The Morgan fingerprint density at radius 3 is 0.812 bits per heavy atom. The molecule has 17 nitrogen and oxygen atoms in total. The lowest BCUT2D eigenvalue weighted by Crippen LogP contribution is -2.30. The fourth-order valence-electron chi connectivity index (χ4n) is 11.7. The summed E-state index contributed by atoms with van der Waals surface area (Å²) in [7, 11) is -9.94. The molecular weight excluding hydrogens is 1320 g/mol. The van der Waals surface area contributed by atoms with Gasteiger partial charge in [0.1, 0.15) is 19.3 Å². The molecule has 0 aromatic carbocycles. The van der Waals surface area contributed by atoms with Gasteiger partial charge in [0.25, 0.3) is 0 Å². The van der Waals surface area contributed by atoms with Crippen molar-refractivity contribution in [3.8, 4) is 0 Å². The number of aliphatic hydroxyl groups excluding tert-OH is 1. The summed E-state index contributed by atoms with van der Waals surface area (Å²) in [6.07, 6.45) is 71.0. The van der Waals surface area contributed by atoms with Crippen LogP contribution in [0.4, 0.5) is 0 Å². The lowest BCUT2D eigenvalue weighted by Gasteiger charge is -2.21. The Morgan fingerprint density at radius 1 is 0.307 bits per heavy atom. The van der Waals surface area contributed by atoms with Gasteiger partial charge in [-0.3, -0.25) is 37.3 Å². The molecule has 0 heterocycles. The first kappa shape index (κ1) is 98.0. The molecule has 2 unspecified atom stereocenters. The molecule has 0 fully saturated rings. The summed E-state index contributed by atoms with van der Waals surface area (Å²) in [6.45, 7) is 7.22. The fourth-order valence-corrected chi connectivity index (χ4v) is 13.3. The minimum absolute atomic E-state index is 0.0831. The van der Waals surface area contributed by atoms with Crippen LogP contribution in [0.5, 0.6) is 0 Å². The molecule has 0 aromatic heterocycles. The van der Waals surface area contributed by atoms with E-state index in [-0.39, 0.29) is 25.7 Å². The Bertz CT molecular complexity index is 2120. The molecule has 101 heavy (non-hydrogen) atoms. The van der Waals surface area contributed by atoms with E-state index in [2.05, 4.69) is 83.2 Å². The average molecular weight is 1470 g/mol. The van der Waals surface area contributed by atoms with Crippen molar-refractivity contribution in [2.75, 3.05) is 39.6 Å². The molecule has 0 spiro atoms. The Labute approximate surface area is 617 Å². The van der Waals surface area contributed by atoms with E-state index in [9.17, 15) is 43.2 Å². The molecule has 0 saturated heterocycles. The number of hydrogen-bond acceptors (Lipinski definition) is 15. The first-order valence-corrected chi connectivity index (χ1v) is 44.3. The summed E-state index contributed by atoms with van der Waals surface area (Å²) in [6, 6.07) is 0. The topological polar surface area (TPSA) is 237 Å². The van der Waals surface area contributed by atoms with Crippen LogP contribution < -0.4 is 0 Å². The van der Waals surface area contributed by atoms with Crippen LogP contribution in [0.3, 0.4) is 0 Å². The van der Waals surface area contributed by atoms with Crippen LogP contribution in [0.25, 0.3) is 0 Å². The Balaban J connectivity index is 5.28. The highest BCUT2D eigenvalue weighted by molar-refractivity contribution is 7.47. The van der Waals surface area contributed by atoms with Crippen molar-refractivity contribution in [3.63, 3.8) is 0 Å². The van der Waals surface area contributed by atoms with Crippen molar-refractivity contribution < 1.29 is 80.2 Å². The molecule has 0 aromatic rings. The minimum Gasteiger partial charge on any atom is -0.462 e. The number of aliphatic hydroxyl groups is 1. The number of hydrogen-bond donors (Lipinski definition) is 3. The maximum Gasteiger partial charge on any atom is 0.472 e. The average Bonchev–Trinajstić information content (AvgIpc) is 0.964. The van der Waals surface area contributed by atoms with Gasteiger partial charge in [-0.15, -0.1) is 0 Å². The molecule has 0 amide bonds. The number of phosphoric ester groups is 2. The van der Waals surface area contributed by atoms with Crippen molar-refractivity contribution >= 4 is 39.5 Å². The third-order valence-electron chi connectivity index (χ3n) is 18.0. The number of rotatable bonds is 78. The number of esters is 4. The maximum absolute atomic E-state index is 13.1. The number of allylic oxidation sites excluding steroid dienone is 8. The Morgan fingerprint density at radius 2 is 0.535 bits per heavy atom. The SMILES string of the molecule is CCCCCC/C=C\C=C/CCCCCCCC(=O)OC[C@H](COP(=O)(O)OC[C@@H](O)COP(=O)(O)OC[C@@H](COC(=O)CCCCCCCCCCCC)OC(=O)CCCCCCC/C=C\C=C/CCCCCC)OC(=O)CCCCCCCCCCCCCCCCCCCCC(C)C. The summed E-state index contributed by atoms with van der Waals surface area (Å²) in [5, 5.41) is 10.6. The van der Waals surface area contributed by atoms with E-state index < -0.39 is 97.5 Å². The first-order chi connectivity index (χ1) is 49.0. The minimum atomic E-state index is -4.97. The highest BCUT2D eigenvalue weighted by Crippen LogP contribution is 2.45. The molecule has 0 rings (SSSR count). The van der Waals surface area contributed by atoms with Gasteiger partial charge >= 0.3 is 39.5 Å². The van der Waals surface area contributed by atoms with Crippen LogP contribution in [-0.2, 0) is 65.4 Å². The van der Waals surface area contributed by atoms with E-state index in [0.29, 0.717) is 25.7 Å². The van der Waals surface area contributed by atoms with Gasteiger partial charge in [0.05, 0.1) is 26.4 Å². The predicted molar refractivity (Wildman–Crippen MR) is 413 cm³/mol. The van der Waals surface area contributed by atoms with E-state index in [1.165, 1.54) is 180 Å². The van der Waals surface area contributed by atoms with Gasteiger partial charge in [-0.2, -0.15) is 0 Å². The summed E-state index contributed by atoms with van der Waals surface area (Å²) in [5.41, 5.74) is 0. The normalized spacial score (nSPS) is 14.1. The van der Waals surface area contributed by atoms with Gasteiger partial charge in [-0.25, -0.2) is 9.13 Å². The van der Waals surface area contributed by atoms with E-state index >= 15 is 0 Å². The number of carbonyl (C=O) groups excluding carboxylic acids is 4. The van der Waals surface area contributed by atoms with Crippen molar-refractivity contribution in [1.29, 1.82) is 0 Å². The molecule has 0 aliphatic heterocycles. The maximum atomic E-state index is 13.1. The Kier molecular flexibility index (Phi) is 71.7. The zero-order valence-electron chi connectivity index (χ0n) is 65.0. The second-order valence-corrected chi connectivity index (χ2v) is 31.5. The van der Waals surface area contributed by atoms with E-state index in [4.69, 9.17) is 37.0 Å². The van der Waals surface area contributed by atoms with Gasteiger partial charge in [0.15, 0.2) is 12.2 Å². The van der Waals surface area contributed by atoms with Crippen LogP contribution >= 0.6 is 15.6 Å². The van der Waals surface area contributed by atoms with Crippen molar-refractivity contribution in [2.45, 2.75) is 406 Å². The molecule has 592 valence electrons. The highest BCUT2D eigenvalue weighted by Gasteiger charge is 2.30. The molecule has 0 aliphatic rings. The highest BCUT2D eigenvalue weighted by atomic mass is 31.2. The largest absolute Gasteiger partial charge is 0.472 e. The number of carbonyl (C=O) groups is 4. The van der Waals surface area contributed by atoms with Crippen molar-refractivity contribution in [1.82, 2.24) is 0 Å². The van der Waals surface area contributed by atoms with E-state index in [0.717, 1.165) is 128 Å². The Hall–Kier alpha value is -2.98. The van der Waals surface area contributed by atoms with Crippen molar-refractivity contribution in [3.05, 3.63) is 48.6 Å². The van der Waals surface area contributed by atoms with Gasteiger partial charge in [-0.05, 0) is 83.0 Å². The van der Waals surface area contributed by atoms with E-state index in [1.807, 2.05) is 0 Å². The summed E-state index contributed by atoms with van der Waals surface area (Å²) < 4.78 is 68.6. The number of ether oxygens (including phenoxy) is 4. The molecule has 3 N–H and O–H groups in total. The van der Waals surface area contributed by atoms with Gasteiger partial charge in [0.2, 0.25) is 0 Å². The molecule has 0 saturated carbocycles. The molecule has 0 bridgehead atoms. The molecular formula is C82H152O17P2. The smallest absolute Gasteiger partial charge is 0.462 e. The standard InChI is InChI=1S/C82H152O17P2/c1-6-9-12-15-18-21-24-26-32-37-41-46-51-56-61-66-80(85)93-72-78(99-82(87)68-63-58-53-48-43-39-35-31-29-28-30-34-36-40-44-49-54-59-64-75(4)5)74-97-101(90,91)95-70-76(83)69-94-100(88,89)96-73-77(71-92-79(84)65-60-55-50-45-23-20-17-14-11-8-3)98-81(86)67-62-57-52-47-42-38-33-27-25-22-19-16-13-10-7-2/h21-22,24-27,32-33,75-78,83H,6-20,23,28-31,34-74H2,1-5H3,(H,88,89)(H,90,91)/b24-21-,25-22-,32-26-,33-27-/t76-,77+,78+/m0/s1. The molecule has 19 heteroatoms. The van der Waals surface area contributed by atoms with Crippen molar-refractivity contribution in [2.24, 2.45) is 5.92 Å². The quantitative estimate of drug-likeness (QED) is 0.0169. The summed E-state index contributed by atoms with van der Waals surface area (Å²) in [5.74, 6) is -1.35. The second kappa shape index (κ2) is 73.9. The number of phosphoric acid groups is 2. The third-order valence-corrected chi connectivity index (χ3v) is 19.9. The fraction of sp³-hybridized carbons (Fsp3) is 0.854. The van der Waals surface area contributed by atoms with Gasteiger partial charge in [-0.1, -0.05) is 334 Å². The summed E-state index contributed by atoms with van der Waals surface area (Å²) in [4.78, 5) is 73.0. The van der Waals surface area contributed by atoms with Crippen LogP contribution in [0.2, 0.25) is 0 Å². The lowest BCUT2D eigenvalue weighted by molar-refractivity contribution is -0.161. The monoisotopic (exact) mass is 1470 g/mol. The molecule has 5 atom stereocenters. The lowest BCUT2D eigenvalue weighted by atomic mass is 10.0. The second-order valence-electron chi connectivity index (χ2n) is 28.6. The van der Waals surface area contributed by atoms with Crippen LogP contribution in [0, 0.1) is 5.92 Å². The number of unbranched alkanes of at least 4 members (excludes halogenated alkanes) is 44.